The van der Waals surface area contributed by atoms with E-state index in [2.05, 4.69) is 5.10 Å². The minimum atomic E-state index is -0.125. The van der Waals surface area contributed by atoms with Gasteiger partial charge in [-0.2, -0.15) is 5.10 Å². The fourth-order valence-electron chi connectivity index (χ4n) is 2.71. The summed E-state index contributed by atoms with van der Waals surface area (Å²) in [5, 5.41) is 5.04. The Morgan fingerprint density at radius 3 is 2.64 bits per heavy atom. The number of hydrogen-bond acceptors (Lipinski definition) is 3. The lowest BCUT2D eigenvalue weighted by atomic mass is 9.93. The monoisotopic (exact) mass is 384 g/mol. The van der Waals surface area contributed by atoms with Crippen LogP contribution in [0.15, 0.2) is 30.5 Å². The molecule has 0 unspecified atom stereocenters. The van der Waals surface area contributed by atoms with Crippen LogP contribution in [0.5, 0.6) is 0 Å². The SMILES string of the molecule is CCc1c(C(=O)N(C)CC(C)(C)CN)cnn1-c1cccc(Cl)c1.Cl. The number of rotatable bonds is 6. The van der Waals surface area contributed by atoms with Crippen molar-refractivity contribution < 1.29 is 4.79 Å². The molecule has 0 fully saturated rings. The molecule has 1 heterocycles. The van der Waals surface area contributed by atoms with E-state index in [0.717, 1.165) is 11.4 Å². The minimum Gasteiger partial charge on any atom is -0.341 e. The van der Waals surface area contributed by atoms with Crippen LogP contribution < -0.4 is 5.73 Å². The molecule has 0 aliphatic carbocycles. The molecule has 0 aliphatic rings. The molecule has 1 aromatic carbocycles. The molecule has 0 bridgehead atoms. The third-order valence-electron chi connectivity index (χ3n) is 4.05. The maximum atomic E-state index is 12.8. The first kappa shape index (κ1) is 21.5. The van der Waals surface area contributed by atoms with Crippen LogP contribution >= 0.6 is 24.0 Å². The van der Waals surface area contributed by atoms with Crippen molar-refractivity contribution in [3.63, 3.8) is 0 Å². The van der Waals surface area contributed by atoms with E-state index in [1.165, 1.54) is 0 Å². The number of nitrogens with zero attached hydrogens (tertiary/aromatic N) is 3. The molecule has 2 aromatic rings. The van der Waals surface area contributed by atoms with Gasteiger partial charge in [0.15, 0.2) is 0 Å². The smallest absolute Gasteiger partial charge is 0.257 e. The van der Waals surface area contributed by atoms with Crippen molar-refractivity contribution >= 4 is 29.9 Å². The summed E-state index contributed by atoms with van der Waals surface area (Å²) >= 11 is 6.07. The van der Waals surface area contributed by atoms with Gasteiger partial charge in [0.05, 0.1) is 23.1 Å². The summed E-state index contributed by atoms with van der Waals surface area (Å²) in [5.74, 6) is -0.0401. The Balaban J connectivity index is 0.00000312. The average molecular weight is 385 g/mol. The maximum Gasteiger partial charge on any atom is 0.257 e. The number of nitrogens with two attached hydrogens (primary N) is 1. The van der Waals surface area contributed by atoms with Crippen molar-refractivity contribution in [2.45, 2.75) is 27.2 Å². The van der Waals surface area contributed by atoms with Gasteiger partial charge in [0.25, 0.3) is 5.91 Å². The molecule has 0 atom stereocenters. The van der Waals surface area contributed by atoms with Gasteiger partial charge in [-0.3, -0.25) is 4.79 Å². The van der Waals surface area contributed by atoms with Gasteiger partial charge in [-0.1, -0.05) is 38.4 Å². The molecule has 0 saturated carbocycles. The van der Waals surface area contributed by atoms with Gasteiger partial charge in [0.1, 0.15) is 0 Å². The second-order valence-corrected chi connectivity index (χ2v) is 7.22. The van der Waals surface area contributed by atoms with Crippen molar-refractivity contribution in [3.05, 3.63) is 46.7 Å². The molecule has 1 amide bonds. The molecule has 0 saturated heterocycles. The Labute approximate surface area is 160 Å². The van der Waals surface area contributed by atoms with Crippen LogP contribution in [0.25, 0.3) is 5.69 Å². The number of carbonyl (C=O) groups is 1. The Morgan fingerprint density at radius 1 is 1.40 bits per heavy atom. The second-order valence-electron chi connectivity index (χ2n) is 6.78. The van der Waals surface area contributed by atoms with Crippen molar-refractivity contribution in [3.8, 4) is 5.69 Å². The summed E-state index contributed by atoms with van der Waals surface area (Å²) < 4.78 is 1.78. The fraction of sp³-hybridized carbons (Fsp3) is 0.444. The standard InChI is InChI=1S/C18H25ClN4O.ClH/c1-5-16-15(17(24)22(4)12-18(2,3)11-20)10-21-23(16)14-8-6-7-13(19)9-14;/h6-10H,5,11-12,20H2,1-4H3;1H. The molecule has 25 heavy (non-hydrogen) atoms. The summed E-state index contributed by atoms with van der Waals surface area (Å²) in [7, 11) is 1.80. The van der Waals surface area contributed by atoms with Crippen LogP contribution in [0.3, 0.4) is 0 Å². The molecule has 2 N–H and O–H groups in total. The Hall–Kier alpha value is -1.56. The van der Waals surface area contributed by atoms with Gasteiger partial charge < -0.3 is 10.6 Å². The van der Waals surface area contributed by atoms with Gasteiger partial charge in [-0.25, -0.2) is 4.68 Å². The predicted molar refractivity (Wildman–Crippen MR) is 105 cm³/mol. The lowest BCUT2D eigenvalue weighted by Crippen LogP contribution is -2.40. The first-order valence-electron chi connectivity index (χ1n) is 8.07. The van der Waals surface area contributed by atoms with Crippen LogP contribution in [-0.4, -0.2) is 40.7 Å². The Bertz CT molecular complexity index is 728. The third kappa shape index (κ3) is 4.97. The molecule has 2 rings (SSSR count). The van der Waals surface area contributed by atoms with Gasteiger partial charge in [0.2, 0.25) is 0 Å². The van der Waals surface area contributed by atoms with E-state index in [1.54, 1.807) is 22.8 Å². The van der Waals surface area contributed by atoms with Crippen LogP contribution in [0.4, 0.5) is 0 Å². The van der Waals surface area contributed by atoms with Crippen molar-refractivity contribution in [2.75, 3.05) is 20.1 Å². The van der Waals surface area contributed by atoms with Crippen molar-refractivity contribution in [2.24, 2.45) is 11.1 Å². The number of aromatic nitrogens is 2. The highest BCUT2D eigenvalue weighted by Gasteiger charge is 2.25. The highest BCUT2D eigenvalue weighted by atomic mass is 35.5. The van der Waals surface area contributed by atoms with Gasteiger partial charge in [0, 0.05) is 18.6 Å². The van der Waals surface area contributed by atoms with Gasteiger partial charge in [-0.05, 0) is 36.6 Å². The zero-order valence-corrected chi connectivity index (χ0v) is 16.7. The average Bonchev–Trinajstić information content (AvgIpc) is 2.97. The molecule has 0 radical (unpaired) electrons. The Morgan fingerprint density at radius 2 is 2.08 bits per heavy atom. The zero-order chi connectivity index (χ0) is 17.9. The highest BCUT2D eigenvalue weighted by Crippen LogP contribution is 2.21. The number of amides is 1. The van der Waals surface area contributed by atoms with E-state index in [1.807, 2.05) is 45.0 Å². The molecule has 1 aromatic heterocycles. The van der Waals surface area contributed by atoms with Gasteiger partial charge in [-0.15, -0.1) is 12.4 Å². The highest BCUT2D eigenvalue weighted by molar-refractivity contribution is 6.30. The minimum absolute atomic E-state index is 0. The molecule has 0 aliphatic heterocycles. The first-order chi connectivity index (χ1) is 11.3. The summed E-state index contributed by atoms with van der Waals surface area (Å²) in [6, 6.07) is 7.45. The summed E-state index contributed by atoms with van der Waals surface area (Å²) in [4.78, 5) is 14.5. The third-order valence-corrected chi connectivity index (χ3v) is 4.29. The number of hydrogen-bond donors (Lipinski definition) is 1. The molecule has 138 valence electrons. The largest absolute Gasteiger partial charge is 0.341 e. The van der Waals surface area contributed by atoms with E-state index < -0.39 is 0 Å². The molecule has 0 spiro atoms. The van der Waals surface area contributed by atoms with Gasteiger partial charge >= 0.3 is 0 Å². The molecular formula is C18H26Cl2N4O. The summed E-state index contributed by atoms with van der Waals surface area (Å²) in [5.41, 5.74) is 7.99. The molecular weight excluding hydrogens is 359 g/mol. The van der Waals surface area contributed by atoms with E-state index in [0.29, 0.717) is 30.1 Å². The first-order valence-corrected chi connectivity index (χ1v) is 8.45. The lowest BCUT2D eigenvalue weighted by molar-refractivity contribution is 0.0739. The zero-order valence-electron chi connectivity index (χ0n) is 15.1. The van der Waals surface area contributed by atoms with Crippen molar-refractivity contribution in [1.82, 2.24) is 14.7 Å². The number of carbonyl (C=O) groups excluding carboxylic acids is 1. The van der Waals surface area contributed by atoms with Crippen LogP contribution in [0.1, 0.15) is 36.8 Å². The van der Waals surface area contributed by atoms with E-state index in [-0.39, 0.29) is 23.7 Å². The van der Waals surface area contributed by atoms with Crippen LogP contribution in [0.2, 0.25) is 5.02 Å². The van der Waals surface area contributed by atoms with E-state index in [4.69, 9.17) is 17.3 Å². The normalized spacial score (nSPS) is 11.1. The van der Waals surface area contributed by atoms with E-state index in [9.17, 15) is 4.79 Å². The van der Waals surface area contributed by atoms with Crippen molar-refractivity contribution in [1.29, 1.82) is 0 Å². The number of benzene rings is 1. The second kappa shape index (κ2) is 8.70. The Kier molecular flexibility index (Phi) is 7.47. The maximum absolute atomic E-state index is 12.8. The lowest BCUT2D eigenvalue weighted by Gasteiger charge is -2.29. The van der Waals surface area contributed by atoms with Crippen LogP contribution in [0, 0.1) is 5.41 Å². The molecule has 7 heteroatoms. The predicted octanol–water partition coefficient (Wildman–Crippen LogP) is 3.57. The number of halogens is 2. The summed E-state index contributed by atoms with van der Waals surface area (Å²) in [6.45, 7) is 7.22. The quantitative estimate of drug-likeness (QED) is 0.827. The fourth-order valence-corrected chi connectivity index (χ4v) is 2.89. The summed E-state index contributed by atoms with van der Waals surface area (Å²) in [6.07, 6.45) is 2.33. The molecule has 5 nitrogen and oxygen atoms in total. The van der Waals surface area contributed by atoms with E-state index >= 15 is 0 Å². The van der Waals surface area contributed by atoms with Crippen LogP contribution in [-0.2, 0) is 6.42 Å². The topological polar surface area (TPSA) is 64.2 Å².